The van der Waals surface area contributed by atoms with Crippen LogP contribution in [0, 0.1) is 0 Å². The van der Waals surface area contributed by atoms with E-state index in [2.05, 4.69) is 37.5 Å². The number of para-hydroxylation sites is 1. The normalized spacial score (nSPS) is 10.7. The lowest BCUT2D eigenvalue weighted by atomic mass is 10.3. The number of nitrogens with zero attached hydrogens (tertiary/aromatic N) is 1. The zero-order chi connectivity index (χ0) is 7.84. The van der Waals surface area contributed by atoms with Gasteiger partial charge in [0.2, 0.25) is 0 Å². The van der Waals surface area contributed by atoms with E-state index in [1.807, 2.05) is 22.7 Å². The number of hydrogen-bond acceptors (Lipinski definition) is 0. The molecule has 0 saturated heterocycles. The molecule has 0 aliphatic carbocycles. The molecule has 11 heavy (non-hydrogen) atoms. The van der Waals surface area contributed by atoms with Gasteiger partial charge >= 0.3 is 0 Å². The van der Waals surface area contributed by atoms with E-state index in [9.17, 15) is 0 Å². The minimum Gasteiger partial charge on any atom is -0.331 e. The highest BCUT2D eigenvalue weighted by atomic mass is 79.9. The molecule has 3 heteroatoms. The van der Waals surface area contributed by atoms with Crippen molar-refractivity contribution in [1.29, 1.82) is 0 Å². The third kappa shape index (κ3) is 1.11. The fourth-order valence-electron chi connectivity index (χ4n) is 1.16. The van der Waals surface area contributed by atoms with E-state index in [4.69, 9.17) is 0 Å². The lowest BCUT2D eigenvalue weighted by Gasteiger charge is -1.92. The molecule has 0 fully saturated rings. The second-order valence-corrected chi connectivity index (χ2v) is 3.81. The van der Waals surface area contributed by atoms with E-state index >= 15 is 0 Å². The Balaban J connectivity index is 2.95. The average Bonchev–Trinajstić information content (AvgIpc) is 2.30. The van der Waals surface area contributed by atoms with E-state index < -0.39 is 0 Å². The highest BCUT2D eigenvalue weighted by Crippen LogP contribution is 2.26. The molecule has 0 amide bonds. The van der Waals surface area contributed by atoms with Crippen LogP contribution in [0.3, 0.4) is 0 Å². The van der Waals surface area contributed by atoms with Crippen LogP contribution in [0.15, 0.2) is 34.9 Å². The Hall–Kier alpha value is -0.330. The van der Waals surface area contributed by atoms with Gasteiger partial charge in [-0.3, -0.25) is 0 Å². The minimum absolute atomic E-state index is 1.14. The van der Waals surface area contributed by atoms with Crippen molar-refractivity contribution in [3.63, 3.8) is 0 Å². The van der Waals surface area contributed by atoms with Crippen molar-refractivity contribution >= 4 is 36.2 Å². The van der Waals surface area contributed by atoms with Crippen LogP contribution in [0.25, 0.3) is 10.9 Å². The van der Waals surface area contributed by atoms with Gasteiger partial charge in [-0.15, -0.1) is 0 Å². The van der Waals surface area contributed by atoms with Crippen molar-refractivity contribution in [3.8, 4) is 0 Å². The first-order chi connectivity index (χ1) is 5.29. The van der Waals surface area contributed by atoms with Crippen LogP contribution in [-0.2, 0) is 0 Å². The summed E-state index contributed by atoms with van der Waals surface area (Å²) in [5.74, 6) is 0. The molecule has 1 nitrogen and oxygen atoms in total. The summed E-state index contributed by atoms with van der Waals surface area (Å²) in [6, 6.07) is 8.26. The topological polar surface area (TPSA) is 4.93 Å². The Bertz CT molecular complexity index is 358. The molecule has 1 aromatic heterocycles. The maximum absolute atomic E-state index is 3.48. The van der Waals surface area contributed by atoms with Gasteiger partial charge in [-0.1, -0.05) is 18.2 Å². The molecule has 0 radical (unpaired) electrons. The van der Waals surface area contributed by atoms with Crippen LogP contribution in [0.5, 0.6) is 0 Å². The van der Waals surface area contributed by atoms with Crippen LogP contribution in [-0.4, -0.2) is 4.34 Å². The first-order valence-electron chi connectivity index (χ1n) is 3.30. The van der Waals surface area contributed by atoms with Gasteiger partial charge in [-0.05, 0) is 31.4 Å². The van der Waals surface area contributed by atoms with Crippen molar-refractivity contribution in [2.75, 3.05) is 0 Å². The molecule has 1 atom stereocenters. The number of rotatable bonds is 0. The van der Waals surface area contributed by atoms with E-state index in [1.54, 1.807) is 0 Å². The SMILES string of the molecule is Pn1cc(Br)c2ccccc21. The average molecular weight is 228 g/mol. The van der Waals surface area contributed by atoms with Crippen molar-refractivity contribution in [1.82, 2.24) is 4.34 Å². The van der Waals surface area contributed by atoms with Crippen LogP contribution < -0.4 is 0 Å². The number of aromatic nitrogens is 1. The third-order valence-corrected chi connectivity index (χ3v) is 2.75. The van der Waals surface area contributed by atoms with Gasteiger partial charge < -0.3 is 4.34 Å². The highest BCUT2D eigenvalue weighted by Gasteiger charge is 2.00. The van der Waals surface area contributed by atoms with Gasteiger partial charge in [0.05, 0.1) is 5.52 Å². The molecule has 56 valence electrons. The smallest absolute Gasteiger partial charge is 0.0521 e. The number of halogens is 1. The summed E-state index contributed by atoms with van der Waals surface area (Å²) < 4.78 is 3.17. The molecule has 2 rings (SSSR count). The number of hydrogen-bond donors (Lipinski definition) is 0. The Morgan fingerprint density at radius 2 is 2.00 bits per heavy atom. The van der Waals surface area contributed by atoms with E-state index in [1.165, 1.54) is 10.9 Å². The highest BCUT2D eigenvalue weighted by molar-refractivity contribution is 9.10. The van der Waals surface area contributed by atoms with Crippen LogP contribution in [0.2, 0.25) is 0 Å². The molecule has 1 aromatic carbocycles. The molecular weight excluding hydrogens is 221 g/mol. The summed E-state index contributed by atoms with van der Waals surface area (Å²) in [5, 5.41) is 1.25. The summed E-state index contributed by atoms with van der Waals surface area (Å²) in [5.41, 5.74) is 1.23. The summed E-state index contributed by atoms with van der Waals surface area (Å²) in [6.07, 6.45) is 2.04. The Labute approximate surface area is 75.8 Å². The lowest BCUT2D eigenvalue weighted by molar-refractivity contribution is 1.35. The molecule has 0 aliphatic rings. The molecule has 2 aromatic rings. The molecule has 0 spiro atoms. The third-order valence-electron chi connectivity index (χ3n) is 1.69. The summed E-state index contributed by atoms with van der Waals surface area (Å²) in [7, 11) is 2.65. The van der Waals surface area contributed by atoms with Crippen LogP contribution in [0.1, 0.15) is 0 Å². The minimum atomic E-state index is 1.14. The van der Waals surface area contributed by atoms with Gasteiger partial charge in [-0.2, -0.15) is 0 Å². The standard InChI is InChI=1S/C8H7BrNP/c9-7-5-10(11)8-4-2-1-3-6(7)8/h1-5H,11H2. The van der Waals surface area contributed by atoms with Gasteiger partial charge in [0.25, 0.3) is 0 Å². The maximum Gasteiger partial charge on any atom is 0.0521 e. The first-order valence-corrected chi connectivity index (χ1v) is 4.60. The second-order valence-electron chi connectivity index (χ2n) is 2.40. The van der Waals surface area contributed by atoms with Gasteiger partial charge in [0.15, 0.2) is 0 Å². The number of benzene rings is 1. The predicted molar refractivity (Wildman–Crippen MR) is 54.7 cm³/mol. The summed E-state index contributed by atoms with van der Waals surface area (Å²) >= 11 is 3.48. The van der Waals surface area contributed by atoms with E-state index in [0.29, 0.717) is 0 Å². The van der Waals surface area contributed by atoms with Crippen molar-refractivity contribution in [3.05, 3.63) is 34.9 Å². The van der Waals surface area contributed by atoms with Gasteiger partial charge in [0, 0.05) is 16.1 Å². The molecule has 1 heterocycles. The molecule has 0 aliphatic heterocycles. The Morgan fingerprint density at radius 3 is 2.73 bits per heavy atom. The Morgan fingerprint density at radius 1 is 1.27 bits per heavy atom. The quantitative estimate of drug-likeness (QED) is 0.610. The van der Waals surface area contributed by atoms with E-state index in [-0.39, 0.29) is 0 Å². The maximum atomic E-state index is 3.48. The molecule has 0 saturated carbocycles. The fraction of sp³-hybridized carbons (Fsp3) is 0. The zero-order valence-electron chi connectivity index (χ0n) is 5.79. The van der Waals surface area contributed by atoms with Gasteiger partial charge in [-0.25, -0.2) is 0 Å². The Kier molecular flexibility index (Phi) is 1.74. The fourth-order valence-corrected chi connectivity index (χ4v) is 2.31. The van der Waals surface area contributed by atoms with Crippen LogP contribution >= 0.6 is 25.3 Å². The zero-order valence-corrected chi connectivity index (χ0v) is 8.53. The molecular formula is C8H7BrNP. The molecule has 0 bridgehead atoms. The summed E-state index contributed by atoms with van der Waals surface area (Å²) in [6.45, 7) is 0. The van der Waals surface area contributed by atoms with Crippen molar-refractivity contribution < 1.29 is 0 Å². The number of fused-ring (bicyclic) bond motifs is 1. The van der Waals surface area contributed by atoms with Crippen molar-refractivity contribution in [2.24, 2.45) is 0 Å². The van der Waals surface area contributed by atoms with Crippen LogP contribution in [0.4, 0.5) is 0 Å². The van der Waals surface area contributed by atoms with Gasteiger partial charge in [0.1, 0.15) is 0 Å². The predicted octanol–water partition coefficient (Wildman–Crippen LogP) is 3.04. The molecule has 0 N–H and O–H groups in total. The van der Waals surface area contributed by atoms with Crippen molar-refractivity contribution in [2.45, 2.75) is 0 Å². The largest absolute Gasteiger partial charge is 0.331 e. The summed E-state index contributed by atoms with van der Waals surface area (Å²) in [4.78, 5) is 0. The first kappa shape index (κ1) is 7.33. The van der Waals surface area contributed by atoms with E-state index in [0.717, 1.165) is 4.47 Å². The lowest BCUT2D eigenvalue weighted by Crippen LogP contribution is -1.71. The monoisotopic (exact) mass is 227 g/mol. The second kappa shape index (κ2) is 2.62. The molecule has 1 unspecified atom stereocenters.